The van der Waals surface area contributed by atoms with Crippen LogP contribution in [-0.2, 0) is 9.53 Å². The van der Waals surface area contributed by atoms with Crippen LogP contribution >= 0.6 is 0 Å². The Morgan fingerprint density at radius 3 is 1.94 bits per heavy atom. The Balaban J connectivity index is 1.91. The quantitative estimate of drug-likeness (QED) is 0.196. The molecule has 0 aromatic heterocycles. The van der Waals surface area contributed by atoms with Gasteiger partial charge in [0, 0.05) is 37.1 Å². The minimum Gasteiger partial charge on any atom is -0.493 e. The van der Waals surface area contributed by atoms with Gasteiger partial charge < -0.3 is 14.2 Å². The topological polar surface area (TPSA) is 131 Å². The molecule has 166 valence electrons. The third-order valence-electron chi connectivity index (χ3n) is 4.49. The van der Waals surface area contributed by atoms with Crippen LogP contribution in [0, 0.1) is 20.2 Å². The van der Waals surface area contributed by atoms with Crippen molar-refractivity contribution in [3.63, 3.8) is 0 Å². The fourth-order valence-electron chi connectivity index (χ4n) is 2.82. The number of hydrogen-bond donors (Lipinski definition) is 0. The highest BCUT2D eigenvalue weighted by atomic mass is 16.6. The zero-order valence-electron chi connectivity index (χ0n) is 17.1. The highest BCUT2D eigenvalue weighted by Crippen LogP contribution is 2.22. The molecule has 0 bridgehead atoms. The molecule has 0 heterocycles. The molecule has 0 fully saturated rings. The fraction of sp³-hybridized carbons (Fsp3) is 0.381. The molecule has 0 amide bonds. The van der Waals surface area contributed by atoms with Gasteiger partial charge in [0.2, 0.25) is 0 Å². The molecule has 2 aromatic rings. The maximum Gasteiger partial charge on any atom is 0.305 e. The summed E-state index contributed by atoms with van der Waals surface area (Å²) in [5, 5.41) is 21.5. The van der Waals surface area contributed by atoms with Crippen LogP contribution in [0.5, 0.6) is 11.5 Å². The van der Waals surface area contributed by atoms with E-state index in [2.05, 4.69) is 4.74 Å². The average Bonchev–Trinajstić information content (AvgIpc) is 2.77. The summed E-state index contributed by atoms with van der Waals surface area (Å²) in [5.41, 5.74) is -0.0409. The van der Waals surface area contributed by atoms with E-state index in [9.17, 15) is 25.0 Å². The number of nitro benzene ring substituents is 2. The summed E-state index contributed by atoms with van der Waals surface area (Å²) in [4.78, 5) is 31.8. The predicted molar refractivity (Wildman–Crippen MR) is 111 cm³/mol. The number of non-ortho nitro benzene ring substituents is 2. The number of nitrogens with zero attached hydrogens (tertiary/aromatic N) is 2. The van der Waals surface area contributed by atoms with Gasteiger partial charge >= 0.3 is 5.97 Å². The third-order valence-corrected chi connectivity index (χ3v) is 4.49. The van der Waals surface area contributed by atoms with Gasteiger partial charge in [-0.1, -0.05) is 0 Å². The number of esters is 1. The van der Waals surface area contributed by atoms with Crippen molar-refractivity contribution in [2.75, 3.05) is 13.7 Å². The van der Waals surface area contributed by atoms with Gasteiger partial charge in [-0.05, 0) is 43.5 Å². The minimum absolute atomic E-state index is 0.0164. The number of methoxy groups -OCH3 is 1. The van der Waals surface area contributed by atoms with E-state index in [1.165, 1.54) is 55.6 Å². The van der Waals surface area contributed by atoms with Crippen LogP contribution in [-0.4, -0.2) is 35.6 Å². The molecule has 0 N–H and O–H groups in total. The number of rotatable bonds is 13. The molecule has 2 rings (SSSR count). The molecule has 10 heteroatoms. The van der Waals surface area contributed by atoms with Crippen molar-refractivity contribution in [1.29, 1.82) is 0 Å². The van der Waals surface area contributed by atoms with E-state index in [1.807, 2.05) is 0 Å². The van der Waals surface area contributed by atoms with Gasteiger partial charge in [-0.25, -0.2) is 0 Å². The maximum atomic E-state index is 11.3. The SMILES string of the molecule is COC(=O)CCCCC(CCOc1ccc([N+](=O)[O-])cc1)Oc1ccc([N+](=O)[O-])cc1. The molecule has 0 aliphatic carbocycles. The van der Waals surface area contributed by atoms with Crippen LogP contribution in [0.25, 0.3) is 0 Å². The zero-order valence-corrected chi connectivity index (χ0v) is 17.1. The summed E-state index contributed by atoms with van der Waals surface area (Å²) < 4.78 is 16.3. The molecular weight excluding hydrogens is 408 g/mol. The molecule has 1 atom stereocenters. The lowest BCUT2D eigenvalue weighted by molar-refractivity contribution is -0.385. The molecule has 10 nitrogen and oxygen atoms in total. The third kappa shape index (κ3) is 8.29. The number of unbranched alkanes of at least 4 members (excludes halogenated alkanes) is 1. The highest BCUT2D eigenvalue weighted by Gasteiger charge is 2.14. The average molecular weight is 432 g/mol. The molecule has 0 aliphatic heterocycles. The van der Waals surface area contributed by atoms with Gasteiger partial charge in [0.15, 0.2) is 0 Å². The van der Waals surface area contributed by atoms with Gasteiger partial charge in [0.25, 0.3) is 11.4 Å². The first-order valence-electron chi connectivity index (χ1n) is 9.74. The second-order valence-electron chi connectivity index (χ2n) is 6.70. The van der Waals surface area contributed by atoms with E-state index in [-0.39, 0.29) is 23.4 Å². The fourth-order valence-corrected chi connectivity index (χ4v) is 2.82. The summed E-state index contributed by atoms with van der Waals surface area (Å²) in [6, 6.07) is 11.6. The lowest BCUT2D eigenvalue weighted by atomic mass is 10.1. The molecule has 0 spiro atoms. The Kier molecular flexibility index (Phi) is 9.21. The van der Waals surface area contributed by atoms with Crippen LogP contribution < -0.4 is 9.47 Å². The van der Waals surface area contributed by atoms with Crippen molar-refractivity contribution < 1.29 is 28.9 Å². The van der Waals surface area contributed by atoms with Crippen molar-refractivity contribution in [3.8, 4) is 11.5 Å². The van der Waals surface area contributed by atoms with Crippen LogP contribution in [0.1, 0.15) is 32.1 Å². The Morgan fingerprint density at radius 2 is 1.42 bits per heavy atom. The van der Waals surface area contributed by atoms with E-state index in [4.69, 9.17) is 9.47 Å². The lowest BCUT2D eigenvalue weighted by Crippen LogP contribution is -2.20. The first kappa shape index (κ1) is 23.6. The highest BCUT2D eigenvalue weighted by molar-refractivity contribution is 5.68. The van der Waals surface area contributed by atoms with Crippen LogP contribution in [0.3, 0.4) is 0 Å². The Bertz CT molecular complexity index is 868. The minimum atomic E-state index is -0.480. The predicted octanol–water partition coefficient (Wildman–Crippen LogP) is 4.45. The van der Waals surface area contributed by atoms with Crippen LogP contribution in [0.2, 0.25) is 0 Å². The van der Waals surface area contributed by atoms with Crippen molar-refractivity contribution in [2.24, 2.45) is 0 Å². The summed E-state index contributed by atoms with van der Waals surface area (Å²) in [6.07, 6.45) is 2.63. The molecule has 1 unspecified atom stereocenters. The Hall–Kier alpha value is -3.69. The summed E-state index contributed by atoms with van der Waals surface area (Å²) >= 11 is 0. The van der Waals surface area contributed by atoms with Gasteiger partial charge in [0.05, 0.1) is 23.6 Å². The summed E-state index contributed by atoms with van der Waals surface area (Å²) in [6.45, 7) is 0.312. The lowest BCUT2D eigenvalue weighted by Gasteiger charge is -2.19. The van der Waals surface area contributed by atoms with E-state index >= 15 is 0 Å². The van der Waals surface area contributed by atoms with Crippen LogP contribution in [0.15, 0.2) is 48.5 Å². The number of hydrogen-bond acceptors (Lipinski definition) is 8. The van der Waals surface area contributed by atoms with Gasteiger partial charge in [-0.3, -0.25) is 25.0 Å². The van der Waals surface area contributed by atoms with Gasteiger partial charge in [0.1, 0.15) is 17.6 Å². The number of carbonyl (C=O) groups excluding carboxylic acids is 1. The number of carbonyl (C=O) groups is 1. The van der Waals surface area contributed by atoms with E-state index in [0.717, 1.165) is 6.42 Å². The molecule has 31 heavy (non-hydrogen) atoms. The second-order valence-corrected chi connectivity index (χ2v) is 6.70. The summed E-state index contributed by atoms with van der Waals surface area (Å²) in [5.74, 6) is 0.735. The van der Waals surface area contributed by atoms with Crippen LogP contribution in [0.4, 0.5) is 11.4 Å². The van der Waals surface area contributed by atoms with E-state index in [1.54, 1.807) is 0 Å². The molecule has 0 saturated carbocycles. The first-order chi connectivity index (χ1) is 14.9. The standard InChI is InChI=1S/C21H24N2O8/c1-29-21(24)5-3-2-4-19(31-20-12-8-17(9-13-20)23(27)28)14-15-30-18-10-6-16(7-11-18)22(25)26/h6-13,19H,2-5,14-15H2,1H3. The number of benzene rings is 2. The van der Waals surface area contributed by atoms with E-state index in [0.29, 0.717) is 43.8 Å². The largest absolute Gasteiger partial charge is 0.493 e. The normalized spacial score (nSPS) is 11.4. The van der Waals surface area contributed by atoms with Gasteiger partial charge in [-0.2, -0.15) is 0 Å². The number of ether oxygens (including phenoxy) is 3. The van der Waals surface area contributed by atoms with Crippen molar-refractivity contribution in [2.45, 2.75) is 38.2 Å². The molecule has 0 radical (unpaired) electrons. The van der Waals surface area contributed by atoms with Crippen molar-refractivity contribution >= 4 is 17.3 Å². The zero-order chi connectivity index (χ0) is 22.6. The number of nitro groups is 2. The summed E-state index contributed by atoms with van der Waals surface area (Å²) in [7, 11) is 1.35. The monoisotopic (exact) mass is 432 g/mol. The Labute approximate surface area is 179 Å². The maximum absolute atomic E-state index is 11.3. The first-order valence-corrected chi connectivity index (χ1v) is 9.74. The van der Waals surface area contributed by atoms with E-state index < -0.39 is 9.85 Å². The van der Waals surface area contributed by atoms with Gasteiger partial charge in [-0.15, -0.1) is 0 Å². The van der Waals surface area contributed by atoms with Crippen molar-refractivity contribution in [1.82, 2.24) is 0 Å². The Morgan fingerprint density at radius 1 is 0.871 bits per heavy atom. The second kappa shape index (κ2) is 12.1. The molecule has 0 saturated heterocycles. The van der Waals surface area contributed by atoms with Crippen molar-refractivity contribution in [3.05, 3.63) is 68.8 Å². The molecular formula is C21H24N2O8. The molecule has 2 aromatic carbocycles. The molecule has 0 aliphatic rings. The smallest absolute Gasteiger partial charge is 0.305 e.